The van der Waals surface area contributed by atoms with Crippen molar-refractivity contribution >= 4 is 21.8 Å². The summed E-state index contributed by atoms with van der Waals surface area (Å²) >= 11 is 0. The Morgan fingerprint density at radius 1 is 0.750 bits per heavy atom. The van der Waals surface area contributed by atoms with Gasteiger partial charge in [0, 0.05) is 39.4 Å². The smallest absolute Gasteiger partial charge is 0.418 e. The van der Waals surface area contributed by atoms with Crippen LogP contribution in [0.1, 0.15) is 12.8 Å². The maximum absolute atomic E-state index is 13.0. The molecule has 1 unspecified atom stereocenters. The quantitative estimate of drug-likeness (QED) is 0.385. The molecule has 20 heteroatoms. The van der Waals surface area contributed by atoms with Gasteiger partial charge in [0.05, 0.1) is 6.04 Å². The van der Waals surface area contributed by atoms with E-state index in [1.54, 1.807) is 0 Å². The van der Waals surface area contributed by atoms with Crippen LogP contribution < -0.4 is 0 Å². The number of hydrogen-bond acceptors (Lipinski definition) is 3. The van der Waals surface area contributed by atoms with Crippen LogP contribution in [0.3, 0.4) is 0 Å². The molecule has 32 heavy (non-hydrogen) atoms. The summed E-state index contributed by atoms with van der Waals surface area (Å²) in [7, 11) is -16.1. The molecule has 2 saturated heterocycles. The molecule has 2 fully saturated rings. The topological polar surface area (TPSA) is 15.7 Å². The zero-order chi connectivity index (χ0) is 25.8. The molecule has 2 aliphatic rings. The minimum absolute atomic E-state index is 0.487. The number of rotatable bonds is 3. The molecule has 2 rings (SSSR count). The van der Waals surface area contributed by atoms with Crippen LogP contribution in [0.25, 0.3) is 0 Å². The predicted molar refractivity (Wildman–Crippen MR) is 93.0 cm³/mol. The van der Waals surface area contributed by atoms with Crippen LogP contribution in [0.2, 0.25) is 0 Å². The van der Waals surface area contributed by atoms with Crippen molar-refractivity contribution in [1.82, 2.24) is 9.80 Å². The van der Waals surface area contributed by atoms with E-state index in [0.29, 0.717) is 12.5 Å². The fraction of sp³-hybridized carbons (Fsp3) is 1.00. The van der Waals surface area contributed by atoms with E-state index in [1.807, 2.05) is 16.8 Å². The number of likely N-dealkylation sites (N-methyl/N-ethyl adjacent to an activating group) is 1. The van der Waals surface area contributed by atoms with Crippen LogP contribution in [0.15, 0.2) is 0 Å². The first-order valence-corrected chi connectivity index (χ1v) is 9.07. The van der Waals surface area contributed by atoms with E-state index in [2.05, 4.69) is 0 Å². The summed E-state index contributed by atoms with van der Waals surface area (Å²) in [5.41, 5.74) is 0. The lowest BCUT2D eigenvalue weighted by Crippen LogP contribution is -2.56. The first kappa shape index (κ1) is 33.3. The number of alkyl halides is 2. The molecule has 0 aromatic heterocycles. The molecular formula is C12H22B3F14N2O-3. The first-order chi connectivity index (χ1) is 14.2. The highest BCUT2D eigenvalue weighted by molar-refractivity contribution is 6.50. The molecule has 196 valence electrons. The standard InChI is InChI=1S/C12H22F2N2O.3BF4/c1-15-4-5-16(11(9-15)12(13)14)8-10-2-6-17-7-3-10;3*2-1(3,4)5/h10-12H,2-9H2,1H3;;;/q;3*-1. The first-order valence-electron chi connectivity index (χ1n) is 9.07. The Kier molecular flexibility index (Phi) is 15.7. The Labute approximate surface area is 175 Å². The van der Waals surface area contributed by atoms with E-state index >= 15 is 0 Å². The molecule has 2 heterocycles. The van der Waals surface area contributed by atoms with Gasteiger partial charge in [0.25, 0.3) is 6.43 Å². The van der Waals surface area contributed by atoms with Crippen LogP contribution in [0.5, 0.6) is 0 Å². The van der Waals surface area contributed by atoms with Gasteiger partial charge < -0.3 is 61.4 Å². The number of nitrogens with zero attached hydrogens (tertiary/aromatic N) is 2. The van der Waals surface area contributed by atoms with Gasteiger partial charge in [0.2, 0.25) is 0 Å². The van der Waals surface area contributed by atoms with Crippen molar-refractivity contribution in [3.05, 3.63) is 0 Å². The van der Waals surface area contributed by atoms with Crippen molar-refractivity contribution in [3.63, 3.8) is 0 Å². The zero-order valence-electron chi connectivity index (χ0n) is 16.7. The highest BCUT2D eigenvalue weighted by Crippen LogP contribution is 2.21. The molecule has 3 nitrogen and oxygen atoms in total. The van der Waals surface area contributed by atoms with Crippen LogP contribution in [-0.2, 0) is 4.74 Å². The summed E-state index contributed by atoms with van der Waals surface area (Å²) in [6, 6.07) is -0.586. The number of ether oxygens (including phenoxy) is 1. The zero-order valence-corrected chi connectivity index (χ0v) is 16.7. The third-order valence-electron chi connectivity index (χ3n) is 3.86. The molecular weight excluding hydrogens is 487 g/mol. The van der Waals surface area contributed by atoms with Crippen LogP contribution >= 0.6 is 0 Å². The average molecular weight is 509 g/mol. The fourth-order valence-electron chi connectivity index (χ4n) is 2.72. The largest absolute Gasteiger partial charge is 0.673 e. The van der Waals surface area contributed by atoms with Gasteiger partial charge in [0.15, 0.2) is 0 Å². The third kappa shape index (κ3) is 29.1. The van der Waals surface area contributed by atoms with Gasteiger partial charge in [-0.1, -0.05) is 0 Å². The van der Waals surface area contributed by atoms with Crippen molar-refractivity contribution in [3.8, 4) is 0 Å². The van der Waals surface area contributed by atoms with Gasteiger partial charge in [-0.3, -0.25) is 4.90 Å². The summed E-state index contributed by atoms with van der Waals surface area (Å²) < 4.78 is 148. The highest BCUT2D eigenvalue weighted by atomic mass is 19.5. The van der Waals surface area contributed by atoms with Crippen LogP contribution in [0.4, 0.5) is 60.6 Å². The van der Waals surface area contributed by atoms with Crippen molar-refractivity contribution in [2.24, 2.45) is 5.92 Å². The summed E-state index contributed by atoms with van der Waals surface area (Å²) in [5, 5.41) is 0. The second-order valence-electron chi connectivity index (χ2n) is 6.70. The second-order valence-corrected chi connectivity index (χ2v) is 6.70. The molecule has 0 saturated carbocycles. The maximum Gasteiger partial charge on any atom is 0.673 e. The van der Waals surface area contributed by atoms with Gasteiger partial charge in [-0.25, -0.2) is 8.78 Å². The number of hydrogen-bond donors (Lipinski definition) is 0. The molecule has 0 aliphatic carbocycles. The second kappa shape index (κ2) is 15.1. The van der Waals surface area contributed by atoms with E-state index in [-0.39, 0.29) is 0 Å². The van der Waals surface area contributed by atoms with Crippen molar-refractivity contribution < 1.29 is 65.3 Å². The van der Waals surface area contributed by atoms with Crippen LogP contribution in [0, 0.1) is 5.92 Å². The molecule has 0 N–H and O–H groups in total. The van der Waals surface area contributed by atoms with Crippen molar-refractivity contribution in [2.45, 2.75) is 25.3 Å². The van der Waals surface area contributed by atoms with E-state index in [1.165, 1.54) is 0 Å². The van der Waals surface area contributed by atoms with Gasteiger partial charge in [-0.15, -0.1) is 0 Å². The molecule has 1 atom stereocenters. The summed E-state index contributed by atoms with van der Waals surface area (Å²) in [4.78, 5) is 3.98. The fourth-order valence-corrected chi connectivity index (χ4v) is 2.72. The predicted octanol–water partition coefficient (Wildman–Crippen LogP) is 5.19. The SMILES string of the molecule is CN1CCN(CC2CCOCC2)C(C(F)F)C1.F[B-](F)(F)F.F[B-](F)(F)F.F[B-](F)(F)F. The lowest BCUT2D eigenvalue weighted by Gasteiger charge is -2.41. The highest BCUT2D eigenvalue weighted by Gasteiger charge is 2.33. The molecule has 0 bridgehead atoms. The Morgan fingerprint density at radius 3 is 1.47 bits per heavy atom. The molecule has 0 aromatic carbocycles. The van der Waals surface area contributed by atoms with Gasteiger partial charge in [0.1, 0.15) is 0 Å². The van der Waals surface area contributed by atoms with Crippen molar-refractivity contribution in [2.75, 3.05) is 46.4 Å². The molecule has 2 aliphatic heterocycles. The van der Waals surface area contributed by atoms with Gasteiger partial charge >= 0.3 is 21.8 Å². The minimum Gasteiger partial charge on any atom is -0.418 e. The molecule has 0 spiro atoms. The summed E-state index contributed by atoms with van der Waals surface area (Å²) in [6.45, 7) is 4.54. The Hall–Kier alpha value is -0.905. The van der Waals surface area contributed by atoms with Crippen molar-refractivity contribution in [1.29, 1.82) is 0 Å². The summed E-state index contributed by atoms with van der Waals surface area (Å²) in [6.07, 6.45) is -0.206. The maximum atomic E-state index is 13.0. The Balaban J connectivity index is 0. The van der Waals surface area contributed by atoms with Gasteiger partial charge in [-0.2, -0.15) is 0 Å². The number of piperazine rings is 1. The molecule has 0 aromatic rings. The van der Waals surface area contributed by atoms with E-state index in [9.17, 15) is 60.6 Å². The average Bonchev–Trinajstić information content (AvgIpc) is 2.53. The number of halogens is 14. The summed E-state index contributed by atoms with van der Waals surface area (Å²) in [5.74, 6) is 0.536. The Bertz CT molecular complexity index is 427. The lowest BCUT2D eigenvalue weighted by molar-refractivity contribution is -0.0339. The van der Waals surface area contributed by atoms with E-state index in [0.717, 1.165) is 45.7 Å². The van der Waals surface area contributed by atoms with Crippen LogP contribution in [-0.4, -0.2) is 90.5 Å². The molecule has 0 radical (unpaired) electrons. The molecule has 0 amide bonds. The minimum atomic E-state index is -6.00. The van der Waals surface area contributed by atoms with E-state index < -0.39 is 34.2 Å². The third-order valence-corrected chi connectivity index (χ3v) is 3.86. The Morgan fingerprint density at radius 2 is 1.12 bits per heavy atom. The normalized spacial score (nSPS) is 21.6. The van der Waals surface area contributed by atoms with E-state index in [4.69, 9.17) is 4.74 Å². The lowest BCUT2D eigenvalue weighted by atomic mass is 9.98. The van der Waals surface area contributed by atoms with Gasteiger partial charge in [-0.05, 0) is 25.8 Å². The monoisotopic (exact) mass is 509 g/mol.